The SMILES string of the molecule is CC[S@](=O)[C@@H]1CCCC[C@H]1NC(=O)N1CCc2ccccc2C1. The summed E-state index contributed by atoms with van der Waals surface area (Å²) < 4.78 is 12.2. The van der Waals surface area contributed by atoms with Crippen LogP contribution in [0.25, 0.3) is 0 Å². The quantitative estimate of drug-likeness (QED) is 0.924. The number of rotatable bonds is 3. The third-order valence-electron chi connectivity index (χ3n) is 5.05. The normalized spacial score (nSPS) is 25.5. The number of carbonyl (C=O) groups is 1. The lowest BCUT2D eigenvalue weighted by molar-refractivity contribution is 0.185. The molecule has 1 aromatic carbocycles. The van der Waals surface area contributed by atoms with E-state index in [0.29, 0.717) is 12.3 Å². The Balaban J connectivity index is 1.63. The van der Waals surface area contributed by atoms with Crippen molar-refractivity contribution in [2.45, 2.75) is 56.9 Å². The number of hydrogen-bond donors (Lipinski definition) is 1. The van der Waals surface area contributed by atoms with Gasteiger partial charge in [-0.2, -0.15) is 0 Å². The molecule has 126 valence electrons. The van der Waals surface area contributed by atoms with Gasteiger partial charge in [-0.25, -0.2) is 4.79 Å². The zero-order valence-corrected chi connectivity index (χ0v) is 14.6. The first-order valence-electron chi connectivity index (χ1n) is 8.68. The van der Waals surface area contributed by atoms with Gasteiger partial charge in [0, 0.05) is 35.7 Å². The van der Waals surface area contributed by atoms with Crippen LogP contribution in [0.2, 0.25) is 0 Å². The molecule has 1 aromatic rings. The average molecular weight is 334 g/mol. The maximum absolute atomic E-state index is 12.6. The van der Waals surface area contributed by atoms with Gasteiger partial charge in [0.2, 0.25) is 0 Å². The van der Waals surface area contributed by atoms with Crippen LogP contribution in [0.15, 0.2) is 24.3 Å². The Hall–Kier alpha value is -1.36. The fourth-order valence-corrected chi connectivity index (χ4v) is 5.14. The summed E-state index contributed by atoms with van der Waals surface area (Å²) in [6.07, 6.45) is 5.07. The number of benzene rings is 1. The molecule has 0 spiro atoms. The summed E-state index contributed by atoms with van der Waals surface area (Å²) >= 11 is 0. The van der Waals surface area contributed by atoms with E-state index in [-0.39, 0.29) is 17.3 Å². The molecule has 1 saturated carbocycles. The van der Waals surface area contributed by atoms with Crippen molar-refractivity contribution < 1.29 is 9.00 Å². The second-order valence-corrected chi connectivity index (χ2v) is 8.43. The van der Waals surface area contributed by atoms with Crippen molar-refractivity contribution in [2.75, 3.05) is 12.3 Å². The number of nitrogens with one attached hydrogen (secondary N) is 1. The zero-order chi connectivity index (χ0) is 16.2. The standard InChI is InChI=1S/C18H26N2O2S/c1-2-23(22)17-10-6-5-9-16(17)19-18(21)20-12-11-14-7-3-4-8-15(14)13-20/h3-4,7-8,16-17H,2,5-6,9-13H2,1H3,(H,19,21)/t16-,17-,23+/m1/s1. The molecule has 0 saturated heterocycles. The molecule has 2 amide bonds. The van der Waals surface area contributed by atoms with Gasteiger partial charge < -0.3 is 10.2 Å². The molecular weight excluding hydrogens is 308 g/mol. The van der Waals surface area contributed by atoms with Gasteiger partial charge >= 0.3 is 6.03 Å². The molecule has 23 heavy (non-hydrogen) atoms. The Labute approximate surface area is 141 Å². The minimum Gasteiger partial charge on any atom is -0.334 e. The van der Waals surface area contributed by atoms with E-state index in [9.17, 15) is 9.00 Å². The number of amides is 2. The van der Waals surface area contributed by atoms with Crippen LogP contribution in [0.5, 0.6) is 0 Å². The lowest BCUT2D eigenvalue weighted by Gasteiger charge is -2.35. The van der Waals surface area contributed by atoms with Crippen molar-refractivity contribution in [1.82, 2.24) is 10.2 Å². The van der Waals surface area contributed by atoms with E-state index in [1.54, 1.807) is 0 Å². The summed E-state index contributed by atoms with van der Waals surface area (Å²) in [5.74, 6) is 0.675. The van der Waals surface area contributed by atoms with Crippen molar-refractivity contribution in [1.29, 1.82) is 0 Å². The van der Waals surface area contributed by atoms with Crippen molar-refractivity contribution >= 4 is 16.8 Å². The van der Waals surface area contributed by atoms with E-state index in [2.05, 4.69) is 23.5 Å². The smallest absolute Gasteiger partial charge is 0.317 e. The first-order chi connectivity index (χ1) is 11.2. The molecule has 3 rings (SSSR count). The fourth-order valence-electron chi connectivity index (χ4n) is 3.71. The Morgan fingerprint density at radius 2 is 2.00 bits per heavy atom. The summed E-state index contributed by atoms with van der Waals surface area (Å²) in [4.78, 5) is 14.5. The third kappa shape index (κ3) is 3.77. The first-order valence-corrected chi connectivity index (χ1v) is 10.1. The van der Waals surface area contributed by atoms with Gasteiger partial charge in [0.1, 0.15) is 0 Å². The Morgan fingerprint density at radius 1 is 1.26 bits per heavy atom. The minimum atomic E-state index is -0.834. The third-order valence-corrected chi connectivity index (χ3v) is 6.86. The molecule has 1 heterocycles. The maximum atomic E-state index is 12.6. The van der Waals surface area contributed by atoms with Gasteiger partial charge in [-0.15, -0.1) is 0 Å². The van der Waals surface area contributed by atoms with Crippen LogP contribution < -0.4 is 5.32 Å². The van der Waals surface area contributed by atoms with E-state index in [1.165, 1.54) is 11.1 Å². The largest absolute Gasteiger partial charge is 0.334 e. The second kappa shape index (κ2) is 7.47. The van der Waals surface area contributed by atoms with Gasteiger partial charge in [-0.05, 0) is 30.4 Å². The van der Waals surface area contributed by atoms with Crippen molar-refractivity contribution in [2.24, 2.45) is 0 Å². The van der Waals surface area contributed by atoms with Gasteiger partial charge in [0.25, 0.3) is 0 Å². The highest BCUT2D eigenvalue weighted by Crippen LogP contribution is 2.24. The average Bonchev–Trinajstić information content (AvgIpc) is 2.61. The summed E-state index contributed by atoms with van der Waals surface area (Å²) in [6.45, 7) is 3.40. The molecule has 0 unspecified atom stereocenters. The van der Waals surface area contributed by atoms with Crippen LogP contribution in [-0.2, 0) is 23.8 Å². The van der Waals surface area contributed by atoms with E-state index >= 15 is 0 Å². The predicted octanol–water partition coefficient (Wildman–Crippen LogP) is 2.83. The first kappa shape index (κ1) is 16.5. The van der Waals surface area contributed by atoms with Gasteiger partial charge in [0.05, 0.1) is 5.25 Å². The Bertz CT molecular complexity index is 590. The fraction of sp³-hybridized carbons (Fsp3) is 0.611. The van der Waals surface area contributed by atoms with E-state index < -0.39 is 10.8 Å². The van der Waals surface area contributed by atoms with Crippen LogP contribution in [-0.4, -0.2) is 38.7 Å². The number of nitrogens with zero attached hydrogens (tertiary/aromatic N) is 1. The molecule has 1 aliphatic heterocycles. The van der Waals surface area contributed by atoms with Crippen LogP contribution in [0.4, 0.5) is 4.79 Å². The molecule has 1 fully saturated rings. The molecule has 2 aliphatic rings. The molecule has 0 radical (unpaired) electrons. The minimum absolute atomic E-state index is 0.00417. The summed E-state index contributed by atoms with van der Waals surface area (Å²) in [5.41, 5.74) is 2.59. The van der Waals surface area contributed by atoms with E-state index in [1.807, 2.05) is 17.9 Å². The second-order valence-electron chi connectivity index (χ2n) is 6.49. The highest BCUT2D eigenvalue weighted by Gasteiger charge is 2.31. The Kier molecular flexibility index (Phi) is 5.36. The molecule has 4 nitrogen and oxygen atoms in total. The number of carbonyl (C=O) groups excluding carboxylic acids is 1. The molecule has 1 aliphatic carbocycles. The molecule has 0 bridgehead atoms. The van der Waals surface area contributed by atoms with Gasteiger partial charge in [-0.1, -0.05) is 44.0 Å². The van der Waals surface area contributed by atoms with Gasteiger partial charge in [-0.3, -0.25) is 4.21 Å². The highest BCUT2D eigenvalue weighted by atomic mass is 32.2. The van der Waals surface area contributed by atoms with Crippen molar-refractivity contribution in [3.05, 3.63) is 35.4 Å². The Morgan fingerprint density at radius 3 is 2.78 bits per heavy atom. The molecule has 5 heteroatoms. The lowest BCUT2D eigenvalue weighted by atomic mass is 9.95. The summed E-state index contributed by atoms with van der Waals surface area (Å²) in [7, 11) is -0.834. The predicted molar refractivity (Wildman–Crippen MR) is 93.8 cm³/mol. The molecule has 0 aromatic heterocycles. The van der Waals surface area contributed by atoms with Crippen LogP contribution in [0, 0.1) is 0 Å². The van der Waals surface area contributed by atoms with Crippen molar-refractivity contribution in [3.63, 3.8) is 0 Å². The highest BCUT2D eigenvalue weighted by molar-refractivity contribution is 7.85. The van der Waals surface area contributed by atoms with Crippen LogP contribution in [0.3, 0.4) is 0 Å². The number of hydrogen-bond acceptors (Lipinski definition) is 2. The molecular formula is C18H26N2O2S. The van der Waals surface area contributed by atoms with E-state index in [4.69, 9.17) is 0 Å². The van der Waals surface area contributed by atoms with Crippen LogP contribution >= 0.6 is 0 Å². The van der Waals surface area contributed by atoms with Crippen LogP contribution in [0.1, 0.15) is 43.7 Å². The van der Waals surface area contributed by atoms with E-state index in [0.717, 1.165) is 38.6 Å². The molecule has 1 N–H and O–H groups in total. The zero-order valence-electron chi connectivity index (χ0n) is 13.8. The summed E-state index contributed by atoms with van der Waals surface area (Å²) in [5, 5.41) is 3.30. The number of fused-ring (bicyclic) bond motifs is 1. The number of urea groups is 1. The lowest BCUT2D eigenvalue weighted by Crippen LogP contribution is -2.52. The van der Waals surface area contributed by atoms with Gasteiger partial charge in [0.15, 0.2) is 0 Å². The summed E-state index contributed by atoms with van der Waals surface area (Å²) in [6, 6.07) is 8.40. The molecule has 3 atom stereocenters. The maximum Gasteiger partial charge on any atom is 0.317 e. The monoisotopic (exact) mass is 334 g/mol. The topological polar surface area (TPSA) is 49.4 Å². The van der Waals surface area contributed by atoms with Crippen molar-refractivity contribution in [3.8, 4) is 0 Å².